The smallest absolute Gasteiger partial charge is 0.0995 e. The van der Waals surface area contributed by atoms with Gasteiger partial charge >= 0.3 is 0 Å². The number of quaternary nitrogens is 1. The zero-order valence-corrected chi connectivity index (χ0v) is 36.4. The van der Waals surface area contributed by atoms with Crippen LogP contribution in [-0.2, 0) is 6.16 Å². The summed E-state index contributed by atoms with van der Waals surface area (Å²) in [5.41, 5.74) is 2.92. The van der Waals surface area contributed by atoms with Crippen LogP contribution in [0.5, 0.6) is 0 Å². The van der Waals surface area contributed by atoms with Crippen LogP contribution < -0.4 is 26.5 Å². The van der Waals surface area contributed by atoms with Gasteiger partial charge in [-0.15, -0.1) is 0 Å². The van der Waals surface area contributed by atoms with E-state index in [2.05, 4.69) is 199 Å². The molecule has 1 saturated heterocycles. The minimum absolute atomic E-state index is 0.162. The lowest BCUT2D eigenvalue weighted by Gasteiger charge is -2.51. The van der Waals surface area contributed by atoms with Gasteiger partial charge in [-0.1, -0.05) is 110 Å². The maximum absolute atomic E-state index is 4.02. The summed E-state index contributed by atoms with van der Waals surface area (Å²) in [5.74, 6) is 0. The standard InChI is InChI=1S/C51H67N2P2/c1-8-43-32-34-44(35-33-43)42-55(48-28-17-11-18-29-48,49-30-19-12-20-31-49)39-23-38-54(46-24-13-9-14-25-46,47-26-15-10-16-27-47)37-22-21-36-53(6,7)45-40-50(2,3)52-51(4,5)41-45/h8-20,24-35,45,52H,1,21-23,36-42H2,2-7H3/q+3. The van der Waals surface area contributed by atoms with Crippen LogP contribution >= 0.6 is 14.5 Å². The average molecular weight is 770 g/mol. The zero-order chi connectivity index (χ0) is 39.0. The molecule has 288 valence electrons. The highest BCUT2D eigenvalue weighted by atomic mass is 31.2. The van der Waals surface area contributed by atoms with E-state index in [1.807, 2.05) is 6.08 Å². The quantitative estimate of drug-likeness (QED) is 0.0564. The fourth-order valence-corrected chi connectivity index (χ4v) is 18.9. The van der Waals surface area contributed by atoms with Crippen molar-refractivity contribution in [2.24, 2.45) is 0 Å². The van der Waals surface area contributed by atoms with E-state index in [4.69, 9.17) is 0 Å². The minimum atomic E-state index is -1.82. The fourth-order valence-electron chi connectivity index (χ4n) is 9.83. The molecule has 0 atom stereocenters. The Kier molecular flexibility index (Phi) is 13.4. The first kappa shape index (κ1) is 41.3. The lowest BCUT2D eigenvalue weighted by Crippen LogP contribution is -2.65. The van der Waals surface area contributed by atoms with Crippen LogP contribution in [0.15, 0.2) is 152 Å². The van der Waals surface area contributed by atoms with E-state index in [0.29, 0.717) is 6.04 Å². The first-order valence-electron chi connectivity index (χ1n) is 20.7. The number of hydrogen-bond donors (Lipinski definition) is 1. The predicted octanol–water partition coefficient (Wildman–Crippen LogP) is 10.7. The third kappa shape index (κ3) is 10.1. The van der Waals surface area contributed by atoms with Gasteiger partial charge in [0.2, 0.25) is 0 Å². The molecule has 1 aliphatic rings. The first-order valence-corrected chi connectivity index (χ1v) is 25.0. The summed E-state index contributed by atoms with van der Waals surface area (Å²) in [4.78, 5) is 0. The van der Waals surface area contributed by atoms with Gasteiger partial charge in [-0.3, -0.25) is 0 Å². The van der Waals surface area contributed by atoms with E-state index in [1.165, 1.54) is 78.9 Å². The normalized spacial score (nSPS) is 16.1. The Hall–Kier alpha value is -3.38. The van der Waals surface area contributed by atoms with Crippen LogP contribution in [0.4, 0.5) is 0 Å². The van der Waals surface area contributed by atoms with Gasteiger partial charge in [0.25, 0.3) is 0 Å². The summed E-state index contributed by atoms with van der Waals surface area (Å²) in [7, 11) is 1.45. The fraction of sp³-hybridized carbons (Fsp3) is 0.373. The third-order valence-electron chi connectivity index (χ3n) is 12.4. The van der Waals surface area contributed by atoms with Gasteiger partial charge in [-0.25, -0.2) is 0 Å². The number of nitrogens with zero attached hydrogens (tertiary/aromatic N) is 1. The molecular weight excluding hydrogens is 703 g/mol. The van der Waals surface area contributed by atoms with Crippen LogP contribution in [-0.4, -0.2) is 60.7 Å². The van der Waals surface area contributed by atoms with Crippen molar-refractivity contribution in [3.8, 4) is 0 Å². The molecule has 0 radical (unpaired) electrons. The van der Waals surface area contributed by atoms with Crippen molar-refractivity contribution < 1.29 is 4.48 Å². The van der Waals surface area contributed by atoms with Crippen molar-refractivity contribution in [1.82, 2.24) is 5.32 Å². The molecule has 1 fully saturated rings. The Balaban J connectivity index is 1.32. The molecule has 5 aromatic carbocycles. The van der Waals surface area contributed by atoms with Gasteiger partial charge in [-0.05, 0) is 93.8 Å². The number of unbranched alkanes of at least 4 members (excludes halogenated alkanes) is 1. The largest absolute Gasteiger partial charge is 0.326 e. The lowest BCUT2D eigenvalue weighted by molar-refractivity contribution is -0.917. The Morgan fingerprint density at radius 3 is 1.40 bits per heavy atom. The molecule has 0 unspecified atom stereocenters. The number of hydrogen-bond acceptors (Lipinski definition) is 1. The number of nitrogens with one attached hydrogen (secondary N) is 1. The lowest BCUT2D eigenvalue weighted by atomic mass is 9.78. The third-order valence-corrected chi connectivity index (χ3v) is 21.7. The molecule has 0 amide bonds. The van der Waals surface area contributed by atoms with Crippen molar-refractivity contribution in [3.63, 3.8) is 0 Å². The van der Waals surface area contributed by atoms with Crippen LogP contribution in [0, 0.1) is 0 Å². The van der Waals surface area contributed by atoms with Crippen LogP contribution in [0.3, 0.4) is 0 Å². The van der Waals surface area contributed by atoms with E-state index >= 15 is 0 Å². The molecule has 1 N–H and O–H groups in total. The van der Waals surface area contributed by atoms with Crippen molar-refractivity contribution in [3.05, 3.63) is 163 Å². The summed E-state index contributed by atoms with van der Waals surface area (Å²) < 4.78 is 1.10. The molecule has 4 heteroatoms. The second kappa shape index (κ2) is 17.8. The molecule has 0 spiro atoms. The van der Waals surface area contributed by atoms with E-state index in [-0.39, 0.29) is 11.1 Å². The summed E-state index contributed by atoms with van der Waals surface area (Å²) in [6.45, 7) is 14.8. The molecule has 2 nitrogen and oxygen atoms in total. The molecule has 0 aliphatic carbocycles. The van der Waals surface area contributed by atoms with E-state index < -0.39 is 14.5 Å². The van der Waals surface area contributed by atoms with Crippen molar-refractivity contribution >= 4 is 41.8 Å². The molecule has 0 saturated carbocycles. The van der Waals surface area contributed by atoms with Gasteiger partial charge in [0, 0.05) is 36.8 Å². The molecule has 0 aromatic heterocycles. The summed E-state index contributed by atoms with van der Waals surface area (Å²) in [6, 6.07) is 56.2. The number of benzene rings is 5. The average Bonchev–Trinajstić information content (AvgIpc) is 3.19. The van der Waals surface area contributed by atoms with Crippen molar-refractivity contribution in [1.29, 1.82) is 0 Å². The highest BCUT2D eigenvalue weighted by Crippen LogP contribution is 2.63. The number of piperidine rings is 1. The Labute approximate surface area is 335 Å². The molecular formula is C51H67N2P2+3. The van der Waals surface area contributed by atoms with Gasteiger partial charge in [0.1, 0.15) is 0 Å². The van der Waals surface area contributed by atoms with Crippen LogP contribution in [0.1, 0.15) is 70.9 Å². The molecule has 1 aliphatic heterocycles. The first-order chi connectivity index (χ1) is 26.4. The van der Waals surface area contributed by atoms with Crippen molar-refractivity contribution in [2.45, 2.75) is 83.1 Å². The Morgan fingerprint density at radius 2 is 0.964 bits per heavy atom. The van der Waals surface area contributed by atoms with Crippen molar-refractivity contribution in [2.75, 3.05) is 39.1 Å². The second-order valence-electron chi connectivity index (χ2n) is 18.1. The molecule has 6 rings (SSSR count). The minimum Gasteiger partial charge on any atom is -0.326 e. The van der Waals surface area contributed by atoms with Crippen LogP contribution in [0.25, 0.3) is 6.08 Å². The zero-order valence-electron chi connectivity index (χ0n) is 34.6. The highest BCUT2D eigenvalue weighted by molar-refractivity contribution is 7.90. The molecule has 0 bridgehead atoms. The van der Waals surface area contributed by atoms with Gasteiger partial charge in [0.05, 0.1) is 87.1 Å². The van der Waals surface area contributed by atoms with Gasteiger partial charge < -0.3 is 9.80 Å². The second-order valence-corrected chi connectivity index (χ2v) is 25.7. The molecule has 55 heavy (non-hydrogen) atoms. The topological polar surface area (TPSA) is 12.0 Å². The maximum Gasteiger partial charge on any atom is 0.0995 e. The summed E-state index contributed by atoms with van der Waals surface area (Å²) >= 11 is 0. The summed E-state index contributed by atoms with van der Waals surface area (Å²) in [6.07, 6.45) is 12.8. The van der Waals surface area contributed by atoms with E-state index in [1.54, 1.807) is 10.6 Å². The number of rotatable bonds is 17. The van der Waals surface area contributed by atoms with Gasteiger partial charge in [-0.2, -0.15) is 0 Å². The monoisotopic (exact) mass is 769 g/mol. The summed E-state index contributed by atoms with van der Waals surface area (Å²) in [5, 5.41) is 10.1. The SMILES string of the molecule is C=Cc1ccc(C[P+](CCC[P+](CCCC[N+](C)(C)C2CC(C)(C)NC(C)(C)C2)(c2ccccc2)c2ccccc2)(c2ccccc2)c2ccccc2)cc1. The molecule has 5 aromatic rings. The Morgan fingerprint density at radius 1 is 0.564 bits per heavy atom. The maximum atomic E-state index is 4.02. The van der Waals surface area contributed by atoms with E-state index in [0.717, 1.165) is 10.6 Å². The van der Waals surface area contributed by atoms with Gasteiger partial charge in [0.15, 0.2) is 0 Å². The molecule has 1 heterocycles. The predicted molar refractivity (Wildman–Crippen MR) is 248 cm³/mol. The Bertz CT molecular complexity index is 1820. The van der Waals surface area contributed by atoms with Crippen LogP contribution in [0.2, 0.25) is 0 Å². The van der Waals surface area contributed by atoms with E-state index in [9.17, 15) is 0 Å². The highest BCUT2D eigenvalue weighted by Gasteiger charge is 2.47.